The third kappa shape index (κ3) is 4.00. The molecule has 3 N–H and O–H groups in total. The molecule has 0 radical (unpaired) electrons. The zero-order valence-electron chi connectivity index (χ0n) is 21.7. The van der Waals surface area contributed by atoms with Crippen molar-refractivity contribution in [2.24, 2.45) is 0 Å². The highest BCUT2D eigenvalue weighted by atomic mass is 16.1. The minimum Gasteiger partial charge on any atom is -0.361 e. The molecule has 6 rings (SSSR count). The van der Waals surface area contributed by atoms with Crippen LogP contribution < -0.4 is 10.9 Å². The molecular weight excluding hydrogens is 470 g/mol. The number of anilines is 1. The molecule has 6 nitrogen and oxygen atoms in total. The second kappa shape index (κ2) is 9.23. The summed E-state index contributed by atoms with van der Waals surface area (Å²) in [5.74, 6) is -0.0975. The number of nitrogens with one attached hydrogen (secondary N) is 3. The van der Waals surface area contributed by atoms with E-state index in [9.17, 15) is 10.2 Å². The van der Waals surface area contributed by atoms with Crippen LogP contribution in [0.3, 0.4) is 0 Å². The number of nitrogens with zero attached hydrogens (tertiary/aromatic N) is 2. The first-order valence-corrected chi connectivity index (χ1v) is 12.7. The summed E-state index contributed by atoms with van der Waals surface area (Å²) < 4.78 is 4.10. The zero-order chi connectivity index (χ0) is 26.4. The number of imidazole rings is 1. The molecule has 1 amide bonds. The maximum Gasteiger partial charge on any atom is 0.221 e. The average molecular weight is 500 g/mol. The van der Waals surface area contributed by atoms with Crippen molar-refractivity contribution in [2.75, 3.05) is 5.32 Å². The van der Waals surface area contributed by atoms with E-state index >= 15 is 0 Å². The molecule has 2 aromatic heterocycles. The standard InChI is InChI=1S/C32H29N5O/c1-20-10-15-29(35-22(3)38)27(18-20)23-11-13-25(14-12-23)37-31-21(2)6-4-9-30(31)36(32(37)33)19-24-7-5-8-28-26(24)16-17-34-28/h4-18,33-34H,19H2,1-3H3,(H,35,38). The van der Waals surface area contributed by atoms with Crippen molar-refractivity contribution in [1.82, 2.24) is 14.1 Å². The number of hydrogen-bond donors (Lipinski definition) is 3. The maximum atomic E-state index is 11.8. The number of hydrogen-bond acceptors (Lipinski definition) is 2. The summed E-state index contributed by atoms with van der Waals surface area (Å²) in [6.07, 6.45) is 1.96. The van der Waals surface area contributed by atoms with Crippen molar-refractivity contribution in [3.63, 3.8) is 0 Å². The number of amides is 1. The Labute approximate surface area is 220 Å². The fourth-order valence-electron chi connectivity index (χ4n) is 5.35. The Bertz CT molecular complexity index is 1890. The third-order valence-electron chi connectivity index (χ3n) is 7.13. The molecule has 2 heterocycles. The van der Waals surface area contributed by atoms with Crippen LogP contribution in [0.2, 0.25) is 0 Å². The van der Waals surface area contributed by atoms with E-state index in [0.717, 1.165) is 50.2 Å². The van der Waals surface area contributed by atoms with Gasteiger partial charge in [-0.3, -0.25) is 14.8 Å². The Hall–Kier alpha value is -4.84. The van der Waals surface area contributed by atoms with E-state index in [0.29, 0.717) is 12.2 Å². The van der Waals surface area contributed by atoms with E-state index in [1.165, 1.54) is 17.9 Å². The number of H-pyrrole nitrogens is 1. The van der Waals surface area contributed by atoms with Gasteiger partial charge in [-0.15, -0.1) is 0 Å². The molecule has 0 bridgehead atoms. The number of carbonyl (C=O) groups is 1. The van der Waals surface area contributed by atoms with Gasteiger partial charge in [-0.1, -0.05) is 48.0 Å². The van der Waals surface area contributed by atoms with Gasteiger partial charge in [0.2, 0.25) is 11.5 Å². The molecular formula is C32H29N5O. The Morgan fingerprint density at radius 1 is 0.947 bits per heavy atom. The van der Waals surface area contributed by atoms with Gasteiger partial charge in [0.05, 0.1) is 17.6 Å². The molecule has 0 aliphatic heterocycles. The van der Waals surface area contributed by atoms with Crippen molar-refractivity contribution >= 4 is 33.5 Å². The van der Waals surface area contributed by atoms with Crippen molar-refractivity contribution in [3.05, 3.63) is 113 Å². The van der Waals surface area contributed by atoms with Crippen LogP contribution in [0.15, 0.2) is 91.1 Å². The average Bonchev–Trinajstić information content (AvgIpc) is 3.49. The molecule has 6 heteroatoms. The minimum atomic E-state index is -0.0975. The predicted octanol–water partition coefficient (Wildman–Crippen LogP) is 6.68. The van der Waals surface area contributed by atoms with E-state index in [1.807, 2.05) is 29.8 Å². The van der Waals surface area contributed by atoms with Gasteiger partial charge < -0.3 is 14.9 Å². The van der Waals surface area contributed by atoms with Crippen molar-refractivity contribution in [3.8, 4) is 16.8 Å². The summed E-state index contributed by atoms with van der Waals surface area (Å²) in [5.41, 5.74) is 10.7. The number of benzene rings is 4. The smallest absolute Gasteiger partial charge is 0.221 e. The van der Waals surface area contributed by atoms with Gasteiger partial charge in [-0.05, 0) is 73.0 Å². The minimum absolute atomic E-state index is 0.0975. The highest BCUT2D eigenvalue weighted by Gasteiger charge is 2.16. The highest BCUT2D eigenvalue weighted by Crippen LogP contribution is 2.31. The van der Waals surface area contributed by atoms with Crippen LogP contribution in [0.4, 0.5) is 5.69 Å². The topological polar surface area (TPSA) is 78.6 Å². The van der Waals surface area contributed by atoms with Gasteiger partial charge in [0, 0.05) is 41.0 Å². The Kier molecular flexibility index (Phi) is 5.72. The molecule has 0 fully saturated rings. The largest absolute Gasteiger partial charge is 0.361 e. The van der Waals surface area contributed by atoms with Gasteiger partial charge >= 0.3 is 0 Å². The Balaban J connectivity index is 1.47. The third-order valence-corrected chi connectivity index (χ3v) is 7.13. The monoisotopic (exact) mass is 499 g/mol. The van der Waals surface area contributed by atoms with Crippen LogP contribution >= 0.6 is 0 Å². The zero-order valence-corrected chi connectivity index (χ0v) is 21.7. The van der Waals surface area contributed by atoms with Crippen LogP contribution in [0.1, 0.15) is 23.6 Å². The summed E-state index contributed by atoms with van der Waals surface area (Å²) in [5, 5.41) is 13.4. The van der Waals surface area contributed by atoms with Crippen molar-refractivity contribution in [1.29, 1.82) is 5.41 Å². The van der Waals surface area contributed by atoms with E-state index in [1.54, 1.807) is 0 Å². The lowest BCUT2D eigenvalue weighted by Gasteiger charge is -2.13. The number of para-hydroxylation sites is 1. The summed E-state index contributed by atoms with van der Waals surface area (Å²) in [6, 6.07) is 28.8. The first-order chi connectivity index (χ1) is 18.4. The molecule has 0 unspecified atom stereocenters. The number of aromatic amines is 1. The lowest BCUT2D eigenvalue weighted by Crippen LogP contribution is -2.24. The van der Waals surface area contributed by atoms with Crippen LogP contribution in [0.5, 0.6) is 0 Å². The first kappa shape index (κ1) is 23.6. The molecule has 0 atom stereocenters. The van der Waals surface area contributed by atoms with Gasteiger partial charge in [0.1, 0.15) is 0 Å². The summed E-state index contributed by atoms with van der Waals surface area (Å²) in [4.78, 5) is 15.1. The first-order valence-electron chi connectivity index (χ1n) is 12.7. The SMILES string of the molecule is CC(=O)Nc1ccc(C)cc1-c1ccc(-n2c(=N)n(Cc3cccc4[nH]ccc34)c3cccc(C)c32)cc1. The van der Waals surface area contributed by atoms with Crippen LogP contribution in [-0.4, -0.2) is 20.0 Å². The van der Waals surface area contributed by atoms with Crippen LogP contribution in [-0.2, 0) is 11.3 Å². The molecule has 0 saturated carbocycles. The number of fused-ring (bicyclic) bond motifs is 2. The number of rotatable bonds is 5. The predicted molar refractivity (Wildman–Crippen MR) is 154 cm³/mol. The van der Waals surface area contributed by atoms with Gasteiger partial charge in [0.25, 0.3) is 0 Å². The van der Waals surface area contributed by atoms with Crippen molar-refractivity contribution in [2.45, 2.75) is 27.3 Å². The highest BCUT2D eigenvalue weighted by molar-refractivity contribution is 5.94. The quantitative estimate of drug-likeness (QED) is 0.243. The van der Waals surface area contributed by atoms with E-state index in [2.05, 4.69) is 94.6 Å². The molecule has 0 aliphatic carbocycles. The number of carbonyl (C=O) groups excluding carboxylic acids is 1. The molecule has 4 aromatic carbocycles. The maximum absolute atomic E-state index is 11.8. The Morgan fingerprint density at radius 3 is 2.53 bits per heavy atom. The summed E-state index contributed by atoms with van der Waals surface area (Å²) in [7, 11) is 0. The second-order valence-corrected chi connectivity index (χ2v) is 9.82. The van der Waals surface area contributed by atoms with Crippen molar-refractivity contribution < 1.29 is 4.79 Å². The fraction of sp³-hybridized carbons (Fsp3) is 0.125. The summed E-state index contributed by atoms with van der Waals surface area (Å²) in [6.45, 7) is 6.26. The summed E-state index contributed by atoms with van der Waals surface area (Å²) >= 11 is 0. The van der Waals surface area contributed by atoms with E-state index in [4.69, 9.17) is 0 Å². The normalized spacial score (nSPS) is 11.3. The number of aryl methyl sites for hydroxylation is 2. The molecule has 6 aromatic rings. The lowest BCUT2D eigenvalue weighted by atomic mass is 10.0. The van der Waals surface area contributed by atoms with Crippen LogP contribution in [0, 0.1) is 19.3 Å². The van der Waals surface area contributed by atoms with Crippen LogP contribution in [0.25, 0.3) is 38.8 Å². The fourth-order valence-corrected chi connectivity index (χ4v) is 5.35. The van der Waals surface area contributed by atoms with E-state index in [-0.39, 0.29) is 5.91 Å². The van der Waals surface area contributed by atoms with Gasteiger partial charge in [-0.25, -0.2) is 0 Å². The van der Waals surface area contributed by atoms with Gasteiger partial charge in [-0.2, -0.15) is 0 Å². The lowest BCUT2D eigenvalue weighted by molar-refractivity contribution is -0.114. The molecule has 188 valence electrons. The van der Waals surface area contributed by atoms with E-state index < -0.39 is 0 Å². The molecule has 0 spiro atoms. The molecule has 38 heavy (non-hydrogen) atoms. The molecule has 0 saturated heterocycles. The molecule has 0 aliphatic rings. The van der Waals surface area contributed by atoms with Gasteiger partial charge in [0.15, 0.2) is 0 Å². The number of aromatic nitrogens is 3. The Morgan fingerprint density at radius 2 is 1.74 bits per heavy atom. The second-order valence-electron chi connectivity index (χ2n) is 9.82.